The standard InChI is InChI=1S/C20H27F3N4O2.C4H10/c1-2-24-6-10-26(11-7-24)18(28)15-25-8-12-27(13-9-25)19(29)16-4-3-5-17(14-16)20(21,22)23;1-3-4-2/h3-5,14H,2,6-13,15H2,1H3;3-4H2,1-2H3. The van der Waals surface area contributed by atoms with Crippen molar-refractivity contribution in [1.29, 1.82) is 0 Å². The molecule has 2 saturated heterocycles. The minimum atomic E-state index is -4.47. The normalized spacial score (nSPS) is 18.0. The second-order valence-electron chi connectivity index (χ2n) is 8.46. The average molecular weight is 471 g/mol. The predicted molar refractivity (Wildman–Crippen MR) is 123 cm³/mol. The summed E-state index contributed by atoms with van der Waals surface area (Å²) in [4.78, 5) is 32.8. The Labute approximate surface area is 195 Å². The number of alkyl halides is 3. The monoisotopic (exact) mass is 470 g/mol. The Hall–Kier alpha value is -2.13. The zero-order valence-electron chi connectivity index (χ0n) is 20.0. The number of benzene rings is 1. The van der Waals surface area contributed by atoms with Gasteiger partial charge in [-0.15, -0.1) is 0 Å². The Balaban J connectivity index is 0.000000890. The van der Waals surface area contributed by atoms with E-state index < -0.39 is 17.6 Å². The first-order valence-electron chi connectivity index (χ1n) is 11.9. The van der Waals surface area contributed by atoms with Gasteiger partial charge in [0.05, 0.1) is 12.1 Å². The number of piperazine rings is 2. The molecule has 0 aromatic heterocycles. The van der Waals surface area contributed by atoms with Crippen LogP contribution < -0.4 is 0 Å². The molecule has 1 aromatic carbocycles. The highest BCUT2D eigenvalue weighted by Gasteiger charge is 2.32. The van der Waals surface area contributed by atoms with Crippen molar-refractivity contribution in [2.24, 2.45) is 0 Å². The molecule has 1 aromatic rings. The maximum absolute atomic E-state index is 12.9. The lowest BCUT2D eigenvalue weighted by Gasteiger charge is -2.37. The molecule has 2 heterocycles. The van der Waals surface area contributed by atoms with Gasteiger partial charge in [-0.1, -0.05) is 39.7 Å². The van der Waals surface area contributed by atoms with E-state index in [-0.39, 0.29) is 11.5 Å². The number of hydrogen-bond acceptors (Lipinski definition) is 4. The van der Waals surface area contributed by atoms with Crippen molar-refractivity contribution in [1.82, 2.24) is 19.6 Å². The molecule has 0 atom stereocenters. The van der Waals surface area contributed by atoms with E-state index in [1.807, 2.05) is 9.80 Å². The van der Waals surface area contributed by atoms with E-state index in [0.29, 0.717) is 32.7 Å². The van der Waals surface area contributed by atoms with Gasteiger partial charge in [0.2, 0.25) is 5.91 Å². The van der Waals surface area contributed by atoms with Gasteiger partial charge in [0.1, 0.15) is 0 Å². The van der Waals surface area contributed by atoms with Gasteiger partial charge < -0.3 is 14.7 Å². The summed E-state index contributed by atoms with van der Waals surface area (Å²) in [5, 5.41) is 0. The molecule has 186 valence electrons. The molecule has 2 fully saturated rings. The first-order valence-corrected chi connectivity index (χ1v) is 11.9. The van der Waals surface area contributed by atoms with E-state index in [1.54, 1.807) is 4.90 Å². The third kappa shape index (κ3) is 8.30. The number of likely N-dealkylation sites (N-methyl/N-ethyl adjacent to an activating group) is 1. The van der Waals surface area contributed by atoms with Crippen LogP contribution >= 0.6 is 0 Å². The molecular formula is C24H37F3N4O2. The number of nitrogens with zero attached hydrogens (tertiary/aromatic N) is 4. The topological polar surface area (TPSA) is 47.1 Å². The number of carbonyl (C=O) groups excluding carboxylic acids is 2. The summed E-state index contributed by atoms with van der Waals surface area (Å²) < 4.78 is 38.6. The summed E-state index contributed by atoms with van der Waals surface area (Å²) in [5.74, 6) is -0.309. The van der Waals surface area contributed by atoms with Gasteiger partial charge >= 0.3 is 6.18 Å². The molecule has 0 N–H and O–H groups in total. The molecule has 0 spiro atoms. The van der Waals surface area contributed by atoms with E-state index >= 15 is 0 Å². The maximum atomic E-state index is 12.9. The Morgan fingerprint density at radius 3 is 1.88 bits per heavy atom. The van der Waals surface area contributed by atoms with E-state index in [1.165, 1.54) is 25.0 Å². The molecule has 0 saturated carbocycles. The van der Waals surface area contributed by atoms with Crippen molar-refractivity contribution < 1.29 is 22.8 Å². The van der Waals surface area contributed by atoms with Crippen LogP contribution in [0.25, 0.3) is 0 Å². The van der Waals surface area contributed by atoms with Crippen molar-refractivity contribution in [2.45, 2.75) is 39.8 Å². The van der Waals surface area contributed by atoms with Crippen LogP contribution in [0.2, 0.25) is 0 Å². The summed E-state index contributed by atoms with van der Waals surface area (Å²) in [6, 6.07) is 4.52. The minimum absolute atomic E-state index is 0.0400. The molecule has 2 aliphatic heterocycles. The van der Waals surface area contributed by atoms with Crippen molar-refractivity contribution in [3.63, 3.8) is 0 Å². The lowest BCUT2D eigenvalue weighted by molar-refractivity contribution is -0.137. The van der Waals surface area contributed by atoms with Crippen LogP contribution in [0.4, 0.5) is 13.2 Å². The third-order valence-corrected chi connectivity index (χ3v) is 6.13. The van der Waals surface area contributed by atoms with Crippen molar-refractivity contribution >= 4 is 11.8 Å². The fraction of sp³-hybridized carbons (Fsp3) is 0.667. The summed E-state index contributed by atoms with van der Waals surface area (Å²) in [6.45, 7) is 12.9. The SMILES string of the molecule is CCCC.CCN1CCN(C(=O)CN2CCN(C(=O)c3cccc(C(F)(F)F)c3)CC2)CC1. The summed E-state index contributed by atoms with van der Waals surface area (Å²) in [7, 11) is 0. The van der Waals surface area contributed by atoms with Crippen LogP contribution in [-0.2, 0) is 11.0 Å². The van der Waals surface area contributed by atoms with Crippen molar-refractivity contribution in [3.05, 3.63) is 35.4 Å². The molecule has 3 rings (SSSR count). The molecule has 6 nitrogen and oxygen atoms in total. The van der Waals surface area contributed by atoms with Gasteiger partial charge in [-0.2, -0.15) is 13.2 Å². The zero-order valence-corrected chi connectivity index (χ0v) is 20.0. The fourth-order valence-corrected chi connectivity index (χ4v) is 3.72. The molecule has 0 aliphatic carbocycles. The highest BCUT2D eigenvalue weighted by atomic mass is 19.4. The molecule has 33 heavy (non-hydrogen) atoms. The van der Waals surface area contributed by atoms with Crippen LogP contribution in [0.5, 0.6) is 0 Å². The predicted octanol–water partition coefficient (Wildman–Crippen LogP) is 3.43. The number of rotatable bonds is 5. The van der Waals surface area contributed by atoms with E-state index in [4.69, 9.17) is 0 Å². The molecule has 2 amide bonds. The number of carbonyl (C=O) groups is 2. The third-order valence-electron chi connectivity index (χ3n) is 6.13. The van der Waals surface area contributed by atoms with Crippen molar-refractivity contribution in [2.75, 3.05) is 65.4 Å². The van der Waals surface area contributed by atoms with Gasteiger partial charge in [0.25, 0.3) is 5.91 Å². The van der Waals surface area contributed by atoms with Crippen LogP contribution in [0.1, 0.15) is 49.5 Å². The summed E-state index contributed by atoms with van der Waals surface area (Å²) in [6.07, 6.45) is -1.84. The lowest BCUT2D eigenvalue weighted by Crippen LogP contribution is -2.54. The van der Waals surface area contributed by atoms with Crippen LogP contribution in [0.15, 0.2) is 24.3 Å². The Morgan fingerprint density at radius 2 is 1.36 bits per heavy atom. The summed E-state index contributed by atoms with van der Waals surface area (Å²) >= 11 is 0. The first kappa shape index (κ1) is 27.1. The quantitative estimate of drug-likeness (QED) is 0.662. The highest BCUT2D eigenvalue weighted by Crippen LogP contribution is 2.29. The molecule has 0 bridgehead atoms. The smallest absolute Gasteiger partial charge is 0.339 e. The number of hydrogen-bond donors (Lipinski definition) is 0. The van der Waals surface area contributed by atoms with Gasteiger partial charge in [-0.25, -0.2) is 0 Å². The van der Waals surface area contributed by atoms with E-state index in [2.05, 4.69) is 25.7 Å². The Morgan fingerprint density at radius 1 is 0.818 bits per heavy atom. The average Bonchev–Trinajstić information content (AvgIpc) is 2.83. The molecule has 2 aliphatic rings. The minimum Gasteiger partial charge on any atom is -0.339 e. The molecule has 9 heteroatoms. The van der Waals surface area contributed by atoms with Gasteiger partial charge in [0, 0.05) is 57.9 Å². The Kier molecular flexibility index (Phi) is 10.6. The number of amides is 2. The highest BCUT2D eigenvalue weighted by molar-refractivity contribution is 5.94. The van der Waals surface area contributed by atoms with Crippen LogP contribution in [0.3, 0.4) is 0 Å². The van der Waals surface area contributed by atoms with Crippen LogP contribution in [-0.4, -0.2) is 96.9 Å². The van der Waals surface area contributed by atoms with E-state index in [9.17, 15) is 22.8 Å². The van der Waals surface area contributed by atoms with E-state index in [0.717, 1.165) is 44.9 Å². The second kappa shape index (κ2) is 12.9. The van der Waals surface area contributed by atoms with Gasteiger partial charge in [0.15, 0.2) is 0 Å². The Bertz CT molecular complexity index is 754. The fourth-order valence-electron chi connectivity index (χ4n) is 3.72. The number of halogens is 3. The van der Waals surface area contributed by atoms with Crippen LogP contribution in [0, 0.1) is 0 Å². The molecular weight excluding hydrogens is 433 g/mol. The van der Waals surface area contributed by atoms with Gasteiger partial charge in [-0.05, 0) is 24.7 Å². The zero-order chi connectivity index (χ0) is 24.4. The first-order chi connectivity index (χ1) is 15.7. The number of unbranched alkanes of at least 4 members (excludes halogenated alkanes) is 1. The lowest BCUT2D eigenvalue weighted by atomic mass is 10.1. The maximum Gasteiger partial charge on any atom is 0.416 e. The molecule has 0 radical (unpaired) electrons. The second-order valence-corrected chi connectivity index (χ2v) is 8.46. The molecule has 0 unspecified atom stereocenters. The van der Waals surface area contributed by atoms with Gasteiger partial charge in [-0.3, -0.25) is 14.5 Å². The van der Waals surface area contributed by atoms with Crippen molar-refractivity contribution in [3.8, 4) is 0 Å². The largest absolute Gasteiger partial charge is 0.416 e. The summed E-state index contributed by atoms with van der Waals surface area (Å²) in [5.41, 5.74) is -0.783.